The lowest BCUT2D eigenvalue weighted by Gasteiger charge is -2.29. The summed E-state index contributed by atoms with van der Waals surface area (Å²) in [5, 5.41) is 10.1. The van der Waals surface area contributed by atoms with Gasteiger partial charge in [-0.25, -0.2) is 9.37 Å². The third-order valence-electron chi connectivity index (χ3n) is 3.50. The quantitative estimate of drug-likeness (QED) is 0.927. The Kier molecular flexibility index (Phi) is 3.98. The van der Waals surface area contributed by atoms with E-state index in [9.17, 15) is 14.3 Å². The Bertz CT molecular complexity index is 659. The molecule has 6 heteroatoms. The largest absolute Gasteiger partial charge is 0.391 e. The van der Waals surface area contributed by atoms with Gasteiger partial charge in [-0.3, -0.25) is 4.79 Å². The van der Waals surface area contributed by atoms with E-state index in [1.165, 1.54) is 23.6 Å². The van der Waals surface area contributed by atoms with Crippen LogP contribution in [0.4, 0.5) is 4.39 Å². The van der Waals surface area contributed by atoms with Crippen LogP contribution in [0.2, 0.25) is 0 Å². The van der Waals surface area contributed by atoms with Crippen molar-refractivity contribution in [2.45, 2.75) is 18.9 Å². The van der Waals surface area contributed by atoms with Crippen LogP contribution in [0.5, 0.6) is 0 Å². The number of nitrogens with zero attached hydrogens (tertiary/aromatic N) is 2. The summed E-state index contributed by atoms with van der Waals surface area (Å²) in [6.45, 7) is 0.995. The van der Waals surface area contributed by atoms with Gasteiger partial charge in [-0.15, -0.1) is 11.3 Å². The van der Waals surface area contributed by atoms with Crippen LogP contribution in [-0.4, -0.2) is 40.1 Å². The van der Waals surface area contributed by atoms with Crippen LogP contribution in [0.1, 0.15) is 22.5 Å². The minimum absolute atomic E-state index is 0.145. The minimum Gasteiger partial charge on any atom is -0.391 e. The average Bonchev–Trinajstić information content (AvgIpc) is 2.96. The van der Waals surface area contributed by atoms with Gasteiger partial charge in [0.25, 0.3) is 5.91 Å². The van der Waals surface area contributed by atoms with Crippen molar-refractivity contribution >= 4 is 17.2 Å². The molecule has 0 radical (unpaired) electrons. The van der Waals surface area contributed by atoms with Crippen LogP contribution in [-0.2, 0) is 0 Å². The van der Waals surface area contributed by atoms with Crippen LogP contribution in [0.3, 0.4) is 0 Å². The molecule has 0 saturated carbocycles. The molecule has 1 aliphatic heterocycles. The van der Waals surface area contributed by atoms with Gasteiger partial charge in [0, 0.05) is 18.7 Å². The Hall–Kier alpha value is -1.79. The van der Waals surface area contributed by atoms with E-state index in [2.05, 4.69) is 4.98 Å². The normalized spacial score (nSPS) is 18.8. The number of likely N-dealkylation sites (tertiary alicyclic amines) is 1. The fraction of sp³-hybridized carbons (Fsp3) is 0.333. The summed E-state index contributed by atoms with van der Waals surface area (Å²) >= 11 is 1.18. The molecule has 0 spiro atoms. The number of piperidine rings is 1. The van der Waals surface area contributed by atoms with E-state index in [4.69, 9.17) is 0 Å². The van der Waals surface area contributed by atoms with Crippen molar-refractivity contribution in [1.29, 1.82) is 0 Å². The first kappa shape index (κ1) is 14.2. The fourth-order valence-corrected chi connectivity index (χ4v) is 3.34. The number of amides is 1. The van der Waals surface area contributed by atoms with E-state index in [1.54, 1.807) is 23.1 Å². The number of aliphatic hydroxyl groups is 1. The zero-order valence-corrected chi connectivity index (χ0v) is 12.1. The minimum atomic E-state index is -0.457. The lowest BCUT2D eigenvalue weighted by molar-refractivity contribution is 0.0477. The topological polar surface area (TPSA) is 53.4 Å². The molecule has 1 amide bonds. The Morgan fingerprint density at radius 2 is 2.24 bits per heavy atom. The molecule has 1 N–H and O–H groups in total. The van der Waals surface area contributed by atoms with Crippen molar-refractivity contribution in [1.82, 2.24) is 9.88 Å². The van der Waals surface area contributed by atoms with E-state index in [0.29, 0.717) is 28.5 Å². The molecule has 21 heavy (non-hydrogen) atoms. The summed E-state index contributed by atoms with van der Waals surface area (Å²) in [5.74, 6) is -0.493. The number of aromatic nitrogens is 1. The van der Waals surface area contributed by atoms with E-state index >= 15 is 0 Å². The Balaban J connectivity index is 1.82. The van der Waals surface area contributed by atoms with E-state index in [-0.39, 0.29) is 11.7 Å². The molecule has 1 atom stereocenters. The SMILES string of the molecule is O=C(c1cnc(-c2ccccc2F)s1)N1CCCC(O)C1. The highest BCUT2D eigenvalue weighted by Gasteiger charge is 2.24. The maximum atomic E-state index is 13.7. The molecule has 0 aliphatic carbocycles. The number of aliphatic hydroxyl groups excluding tert-OH is 1. The van der Waals surface area contributed by atoms with Gasteiger partial charge in [0.05, 0.1) is 12.3 Å². The summed E-state index contributed by atoms with van der Waals surface area (Å²) in [6.07, 6.45) is 2.55. The Morgan fingerprint density at radius 3 is 3.00 bits per heavy atom. The van der Waals surface area contributed by atoms with Crippen LogP contribution >= 0.6 is 11.3 Å². The van der Waals surface area contributed by atoms with Crippen molar-refractivity contribution in [3.05, 3.63) is 41.2 Å². The number of carbonyl (C=O) groups excluding carboxylic acids is 1. The van der Waals surface area contributed by atoms with Gasteiger partial charge in [0.1, 0.15) is 15.7 Å². The Labute approximate surface area is 125 Å². The lowest BCUT2D eigenvalue weighted by atomic mass is 10.1. The third kappa shape index (κ3) is 2.96. The predicted molar refractivity (Wildman–Crippen MR) is 78.7 cm³/mol. The lowest BCUT2D eigenvalue weighted by Crippen LogP contribution is -2.41. The van der Waals surface area contributed by atoms with Crippen molar-refractivity contribution in [3.63, 3.8) is 0 Å². The van der Waals surface area contributed by atoms with Crippen LogP contribution in [0, 0.1) is 5.82 Å². The molecule has 4 nitrogen and oxygen atoms in total. The van der Waals surface area contributed by atoms with Crippen molar-refractivity contribution in [2.75, 3.05) is 13.1 Å². The first-order valence-electron chi connectivity index (χ1n) is 6.83. The molecule has 0 bridgehead atoms. The molecule has 1 aromatic carbocycles. The van der Waals surface area contributed by atoms with Gasteiger partial charge in [0.2, 0.25) is 0 Å². The van der Waals surface area contributed by atoms with Crippen molar-refractivity contribution in [2.24, 2.45) is 0 Å². The first-order valence-corrected chi connectivity index (χ1v) is 7.65. The molecular formula is C15H15FN2O2S. The molecule has 1 unspecified atom stereocenters. The number of halogens is 1. The van der Waals surface area contributed by atoms with Gasteiger partial charge >= 0.3 is 0 Å². The second-order valence-electron chi connectivity index (χ2n) is 5.06. The second kappa shape index (κ2) is 5.91. The summed E-state index contributed by atoms with van der Waals surface area (Å²) in [4.78, 5) is 18.6. The van der Waals surface area contributed by atoms with Gasteiger partial charge < -0.3 is 10.0 Å². The maximum Gasteiger partial charge on any atom is 0.265 e. The summed E-state index contributed by atoms with van der Waals surface area (Å²) in [6, 6.07) is 6.38. The predicted octanol–water partition coefficient (Wildman–Crippen LogP) is 2.55. The van der Waals surface area contributed by atoms with Crippen LogP contribution < -0.4 is 0 Å². The molecule has 2 aromatic rings. The van der Waals surface area contributed by atoms with Crippen LogP contribution in [0.25, 0.3) is 10.6 Å². The van der Waals surface area contributed by atoms with Gasteiger partial charge in [0.15, 0.2) is 0 Å². The average molecular weight is 306 g/mol. The number of rotatable bonds is 2. The van der Waals surface area contributed by atoms with Crippen LogP contribution in [0.15, 0.2) is 30.5 Å². The Morgan fingerprint density at radius 1 is 1.43 bits per heavy atom. The van der Waals surface area contributed by atoms with E-state index in [1.807, 2.05) is 0 Å². The fourth-order valence-electron chi connectivity index (χ4n) is 2.43. The standard InChI is InChI=1S/C15H15FN2O2S/c16-12-6-2-1-5-11(12)14-17-8-13(21-14)15(20)18-7-3-4-10(19)9-18/h1-2,5-6,8,10,19H,3-4,7,9H2. The van der Waals surface area contributed by atoms with Crippen molar-refractivity contribution < 1.29 is 14.3 Å². The number of hydrogen-bond acceptors (Lipinski definition) is 4. The molecular weight excluding hydrogens is 291 g/mol. The molecule has 1 aromatic heterocycles. The molecule has 110 valence electrons. The monoisotopic (exact) mass is 306 g/mol. The van der Waals surface area contributed by atoms with E-state index in [0.717, 1.165) is 12.8 Å². The summed E-state index contributed by atoms with van der Waals surface area (Å²) < 4.78 is 13.7. The molecule has 1 saturated heterocycles. The van der Waals surface area contributed by atoms with E-state index < -0.39 is 6.10 Å². The zero-order valence-electron chi connectivity index (χ0n) is 11.3. The second-order valence-corrected chi connectivity index (χ2v) is 6.09. The highest BCUT2D eigenvalue weighted by atomic mass is 32.1. The molecule has 1 fully saturated rings. The summed E-state index contributed by atoms with van der Waals surface area (Å²) in [5.41, 5.74) is 0.403. The molecule has 2 heterocycles. The maximum absolute atomic E-state index is 13.7. The number of hydrogen-bond donors (Lipinski definition) is 1. The number of thiazole rings is 1. The van der Waals surface area contributed by atoms with Gasteiger partial charge in [-0.05, 0) is 25.0 Å². The molecule has 3 rings (SSSR count). The third-order valence-corrected chi connectivity index (χ3v) is 4.52. The number of β-amino-alcohol motifs (C(OH)–C–C–N with tert-alkyl or cyclic N) is 1. The first-order chi connectivity index (χ1) is 10.1. The zero-order chi connectivity index (χ0) is 14.8. The highest BCUT2D eigenvalue weighted by molar-refractivity contribution is 7.16. The van der Waals surface area contributed by atoms with Gasteiger partial charge in [-0.2, -0.15) is 0 Å². The number of carbonyl (C=O) groups is 1. The summed E-state index contributed by atoms with van der Waals surface area (Å²) in [7, 11) is 0. The van der Waals surface area contributed by atoms with Crippen molar-refractivity contribution in [3.8, 4) is 10.6 Å². The smallest absolute Gasteiger partial charge is 0.265 e. The highest BCUT2D eigenvalue weighted by Crippen LogP contribution is 2.28. The van der Waals surface area contributed by atoms with Gasteiger partial charge in [-0.1, -0.05) is 12.1 Å². The molecule has 1 aliphatic rings. The number of benzene rings is 1.